The van der Waals surface area contributed by atoms with E-state index in [9.17, 15) is 9.59 Å². The van der Waals surface area contributed by atoms with Crippen LogP contribution in [0.2, 0.25) is 0 Å². The molecule has 2 heterocycles. The van der Waals surface area contributed by atoms with Gasteiger partial charge < -0.3 is 24.5 Å². The zero-order valence-corrected chi connectivity index (χ0v) is 23.8. The molecule has 39 heavy (non-hydrogen) atoms. The zero-order chi connectivity index (χ0) is 28.4. The van der Waals surface area contributed by atoms with Crippen molar-refractivity contribution in [1.29, 1.82) is 0 Å². The molecule has 10 heteroatoms. The highest BCUT2D eigenvalue weighted by Gasteiger charge is 2.25. The minimum atomic E-state index is -0.365. The van der Waals surface area contributed by atoms with Crippen molar-refractivity contribution in [3.05, 3.63) is 48.3 Å². The van der Waals surface area contributed by atoms with Gasteiger partial charge in [-0.1, -0.05) is 46.6 Å². The van der Waals surface area contributed by atoms with Gasteiger partial charge in [-0.2, -0.15) is 5.10 Å². The van der Waals surface area contributed by atoms with Gasteiger partial charge in [0, 0.05) is 19.0 Å². The van der Waals surface area contributed by atoms with Crippen LogP contribution in [-0.2, 0) is 17.9 Å². The molecule has 10 nitrogen and oxygen atoms in total. The fourth-order valence-corrected chi connectivity index (χ4v) is 4.60. The van der Waals surface area contributed by atoms with Gasteiger partial charge in [0.1, 0.15) is 17.8 Å². The van der Waals surface area contributed by atoms with E-state index in [1.807, 2.05) is 22.9 Å². The van der Waals surface area contributed by atoms with Crippen molar-refractivity contribution in [1.82, 2.24) is 25.4 Å². The van der Waals surface area contributed by atoms with Gasteiger partial charge in [0.05, 0.1) is 38.2 Å². The highest BCUT2D eigenvalue weighted by atomic mass is 16.5. The van der Waals surface area contributed by atoms with Crippen molar-refractivity contribution in [2.24, 2.45) is 11.8 Å². The van der Waals surface area contributed by atoms with E-state index in [4.69, 9.17) is 19.0 Å². The number of ether oxygens (including phenoxy) is 2. The van der Waals surface area contributed by atoms with Crippen LogP contribution in [0.4, 0.5) is 0 Å². The Morgan fingerprint density at radius 3 is 2.36 bits per heavy atom. The number of nitrogens with zero attached hydrogens (tertiary/aromatic N) is 3. The summed E-state index contributed by atoms with van der Waals surface area (Å²) in [5.74, 6) is 1.82. The van der Waals surface area contributed by atoms with Gasteiger partial charge in [-0.25, -0.2) is 4.98 Å². The summed E-state index contributed by atoms with van der Waals surface area (Å²) in [6.07, 6.45) is 5.73. The smallest absolute Gasteiger partial charge is 0.272 e. The van der Waals surface area contributed by atoms with E-state index >= 15 is 0 Å². The number of hydrogen-bond acceptors (Lipinski definition) is 7. The number of carbonyl (C=O) groups is 2. The highest BCUT2D eigenvalue weighted by molar-refractivity contribution is 5.94. The molecular weight excluding hydrogens is 498 g/mol. The Hall–Kier alpha value is -3.82. The van der Waals surface area contributed by atoms with Crippen molar-refractivity contribution >= 4 is 11.8 Å². The maximum absolute atomic E-state index is 13.5. The molecule has 1 unspecified atom stereocenters. The predicted octanol–water partition coefficient (Wildman–Crippen LogP) is 4.84. The molecule has 0 aliphatic heterocycles. The van der Waals surface area contributed by atoms with E-state index in [1.165, 1.54) is 12.5 Å². The summed E-state index contributed by atoms with van der Waals surface area (Å²) < 4.78 is 18.3. The summed E-state index contributed by atoms with van der Waals surface area (Å²) in [5.41, 5.74) is 1.76. The van der Waals surface area contributed by atoms with Crippen LogP contribution in [0, 0.1) is 11.8 Å². The first-order chi connectivity index (χ1) is 18.8. The standard InChI is InChI=1S/C29H41N5O5/c1-7-20(8-2)18-34-23(28-24(37-5)10-9-11-25(28)38-6)16-22(33-34)29(36)32-21(14-19(3)4)15-26(35)31-17-27-30-12-13-39-27/h9-13,16,19-21H,7-8,14-15,17-18H2,1-6H3,(H,31,35)(H,32,36). The molecule has 2 N–H and O–H groups in total. The van der Waals surface area contributed by atoms with Crippen LogP contribution in [0.15, 0.2) is 41.1 Å². The van der Waals surface area contributed by atoms with Crippen LogP contribution < -0.4 is 20.1 Å². The van der Waals surface area contributed by atoms with E-state index in [1.54, 1.807) is 20.3 Å². The molecule has 1 atom stereocenters. The molecule has 2 amide bonds. The molecule has 2 aromatic heterocycles. The van der Waals surface area contributed by atoms with Gasteiger partial charge in [0.25, 0.3) is 5.91 Å². The number of oxazole rings is 1. The largest absolute Gasteiger partial charge is 0.496 e. The van der Waals surface area contributed by atoms with Crippen LogP contribution >= 0.6 is 0 Å². The Kier molecular flexibility index (Phi) is 11.0. The summed E-state index contributed by atoms with van der Waals surface area (Å²) in [5, 5.41) is 10.6. The van der Waals surface area contributed by atoms with Gasteiger partial charge in [0.15, 0.2) is 5.69 Å². The second kappa shape index (κ2) is 14.4. The number of carbonyl (C=O) groups excluding carboxylic acids is 2. The average Bonchev–Trinajstić information content (AvgIpc) is 3.59. The zero-order valence-electron chi connectivity index (χ0n) is 23.8. The number of nitrogens with one attached hydrogen (secondary N) is 2. The van der Waals surface area contributed by atoms with E-state index in [0.29, 0.717) is 36.3 Å². The predicted molar refractivity (Wildman–Crippen MR) is 149 cm³/mol. The maximum atomic E-state index is 13.5. The monoisotopic (exact) mass is 539 g/mol. The maximum Gasteiger partial charge on any atom is 0.272 e. The number of aromatic nitrogens is 3. The van der Waals surface area contributed by atoms with Crippen LogP contribution in [0.5, 0.6) is 11.5 Å². The third-order valence-corrected chi connectivity index (χ3v) is 6.73. The molecule has 0 spiro atoms. The number of amides is 2. The third-order valence-electron chi connectivity index (χ3n) is 6.73. The number of methoxy groups -OCH3 is 2. The molecule has 0 aliphatic rings. The third kappa shape index (κ3) is 8.08. The average molecular weight is 540 g/mol. The first-order valence-corrected chi connectivity index (χ1v) is 13.5. The van der Waals surface area contributed by atoms with Crippen LogP contribution in [0.25, 0.3) is 11.3 Å². The number of hydrogen-bond donors (Lipinski definition) is 2. The van der Waals surface area contributed by atoms with Crippen molar-refractivity contribution in [2.75, 3.05) is 14.2 Å². The lowest BCUT2D eigenvalue weighted by atomic mass is 10.0. The van der Waals surface area contributed by atoms with Gasteiger partial charge in [-0.3, -0.25) is 14.3 Å². The summed E-state index contributed by atoms with van der Waals surface area (Å²) in [6, 6.07) is 6.99. The lowest BCUT2D eigenvalue weighted by Gasteiger charge is -2.19. The molecular formula is C29H41N5O5. The second-order valence-corrected chi connectivity index (χ2v) is 10.0. The van der Waals surface area contributed by atoms with Gasteiger partial charge >= 0.3 is 0 Å². The lowest BCUT2D eigenvalue weighted by Crippen LogP contribution is -2.40. The van der Waals surface area contributed by atoms with Crippen molar-refractivity contribution in [2.45, 2.75) is 72.5 Å². The highest BCUT2D eigenvalue weighted by Crippen LogP contribution is 2.39. The number of rotatable bonds is 15. The molecule has 0 saturated carbocycles. The van der Waals surface area contributed by atoms with Crippen molar-refractivity contribution < 1.29 is 23.5 Å². The Labute approximate surface area is 230 Å². The van der Waals surface area contributed by atoms with Crippen molar-refractivity contribution in [3.8, 4) is 22.8 Å². The second-order valence-electron chi connectivity index (χ2n) is 10.0. The van der Waals surface area contributed by atoms with E-state index in [2.05, 4.69) is 43.3 Å². The molecule has 212 valence electrons. The molecule has 0 saturated heterocycles. The molecule has 0 aliphatic carbocycles. The van der Waals surface area contributed by atoms with E-state index in [0.717, 1.165) is 24.1 Å². The molecule has 3 rings (SSSR count). The topological polar surface area (TPSA) is 121 Å². The lowest BCUT2D eigenvalue weighted by molar-refractivity contribution is -0.121. The molecule has 3 aromatic rings. The van der Waals surface area contributed by atoms with E-state index in [-0.39, 0.29) is 42.4 Å². The summed E-state index contributed by atoms with van der Waals surface area (Å²) in [7, 11) is 3.22. The summed E-state index contributed by atoms with van der Waals surface area (Å²) >= 11 is 0. The Morgan fingerprint density at radius 1 is 1.10 bits per heavy atom. The minimum absolute atomic E-state index is 0.131. The van der Waals surface area contributed by atoms with Crippen LogP contribution in [-0.4, -0.2) is 46.8 Å². The SMILES string of the molecule is CCC(CC)Cn1nc(C(=O)NC(CC(=O)NCc2ncco2)CC(C)C)cc1-c1c(OC)cccc1OC. The Balaban J connectivity index is 1.87. The van der Waals surface area contributed by atoms with Gasteiger partial charge in [-0.05, 0) is 36.5 Å². The normalized spacial score (nSPS) is 12.0. The first-order valence-electron chi connectivity index (χ1n) is 13.5. The molecule has 0 radical (unpaired) electrons. The van der Waals surface area contributed by atoms with Gasteiger partial charge in [-0.15, -0.1) is 0 Å². The quantitative estimate of drug-likeness (QED) is 0.283. The molecule has 0 bridgehead atoms. The van der Waals surface area contributed by atoms with Crippen molar-refractivity contribution in [3.63, 3.8) is 0 Å². The fourth-order valence-electron chi connectivity index (χ4n) is 4.60. The van der Waals surface area contributed by atoms with Crippen LogP contribution in [0.3, 0.4) is 0 Å². The Bertz CT molecular complexity index is 1180. The van der Waals surface area contributed by atoms with Gasteiger partial charge in [0.2, 0.25) is 11.8 Å². The first kappa shape index (κ1) is 29.7. The van der Waals surface area contributed by atoms with Crippen LogP contribution in [0.1, 0.15) is 69.8 Å². The molecule has 0 fully saturated rings. The fraction of sp³-hybridized carbons (Fsp3) is 0.517. The Morgan fingerprint density at radius 2 is 1.79 bits per heavy atom. The summed E-state index contributed by atoms with van der Waals surface area (Å²) in [4.78, 5) is 30.1. The number of benzene rings is 1. The van der Waals surface area contributed by atoms with E-state index < -0.39 is 0 Å². The summed E-state index contributed by atoms with van der Waals surface area (Å²) in [6.45, 7) is 9.25. The molecule has 1 aromatic carbocycles. The minimum Gasteiger partial charge on any atom is -0.496 e.